The highest BCUT2D eigenvalue weighted by atomic mass is 35.5. The normalized spacial score (nSPS) is 15.5. The molecule has 2 aromatic carbocycles. The van der Waals surface area contributed by atoms with Crippen molar-refractivity contribution in [3.05, 3.63) is 58.9 Å². The molecular weight excluding hydrogens is 267 g/mol. The van der Waals surface area contributed by atoms with Gasteiger partial charge in [-0.1, -0.05) is 23.7 Å². The van der Waals surface area contributed by atoms with Gasteiger partial charge in [0.1, 0.15) is 11.5 Å². The summed E-state index contributed by atoms with van der Waals surface area (Å²) < 4.78 is 12.8. The summed E-state index contributed by atoms with van der Waals surface area (Å²) in [4.78, 5) is 16.1. The standard InChI is InChI=1S/C14H8ClFN2O/c15-11-3-1-2-10-12(11)18-14(19)13(10)17-9-6-4-8(16)5-7-9/h1-7H,(H,17,18,19). The van der Waals surface area contributed by atoms with Crippen molar-refractivity contribution in [1.82, 2.24) is 0 Å². The van der Waals surface area contributed by atoms with E-state index in [1.54, 1.807) is 18.2 Å². The van der Waals surface area contributed by atoms with Crippen LogP contribution in [0.2, 0.25) is 5.02 Å². The van der Waals surface area contributed by atoms with E-state index in [1.165, 1.54) is 24.3 Å². The second-order valence-electron chi connectivity index (χ2n) is 4.05. The Morgan fingerprint density at radius 3 is 2.58 bits per heavy atom. The van der Waals surface area contributed by atoms with Crippen LogP contribution in [0.5, 0.6) is 0 Å². The van der Waals surface area contributed by atoms with Gasteiger partial charge in [-0.05, 0) is 30.3 Å². The lowest BCUT2D eigenvalue weighted by Gasteiger charge is -1.99. The highest BCUT2D eigenvalue weighted by molar-refractivity contribution is 6.55. The third-order valence-corrected chi connectivity index (χ3v) is 3.10. The molecule has 0 radical (unpaired) electrons. The average molecular weight is 275 g/mol. The summed E-state index contributed by atoms with van der Waals surface area (Å²) >= 11 is 6.00. The number of nitrogens with one attached hydrogen (secondary N) is 1. The zero-order valence-electron chi connectivity index (χ0n) is 9.65. The fourth-order valence-corrected chi connectivity index (χ4v) is 2.12. The Morgan fingerprint density at radius 1 is 1.11 bits per heavy atom. The zero-order chi connectivity index (χ0) is 13.4. The Balaban J connectivity index is 2.09. The van der Waals surface area contributed by atoms with Crippen molar-refractivity contribution in [2.75, 3.05) is 5.32 Å². The molecule has 1 amide bonds. The third kappa shape index (κ3) is 2.11. The Hall–Kier alpha value is -2.20. The molecule has 1 N–H and O–H groups in total. The summed E-state index contributed by atoms with van der Waals surface area (Å²) in [7, 11) is 0. The number of fused-ring (bicyclic) bond motifs is 1. The maximum absolute atomic E-state index is 12.8. The molecule has 1 aliphatic heterocycles. The molecule has 2 aromatic rings. The summed E-state index contributed by atoms with van der Waals surface area (Å²) in [5.74, 6) is -0.657. The van der Waals surface area contributed by atoms with Crippen LogP contribution in [0.15, 0.2) is 47.5 Å². The number of nitrogens with zero attached hydrogens (tertiary/aromatic N) is 1. The van der Waals surface area contributed by atoms with Gasteiger partial charge < -0.3 is 5.32 Å². The Kier molecular flexibility index (Phi) is 2.80. The van der Waals surface area contributed by atoms with E-state index in [0.717, 1.165) is 0 Å². The molecule has 0 saturated heterocycles. The maximum atomic E-state index is 12.8. The van der Waals surface area contributed by atoms with Gasteiger partial charge in [-0.3, -0.25) is 4.79 Å². The molecule has 1 heterocycles. The lowest BCUT2D eigenvalue weighted by atomic mass is 10.1. The molecule has 0 unspecified atom stereocenters. The molecule has 1 aliphatic rings. The first kappa shape index (κ1) is 11.9. The number of rotatable bonds is 1. The van der Waals surface area contributed by atoms with E-state index < -0.39 is 0 Å². The first-order chi connectivity index (χ1) is 9.15. The van der Waals surface area contributed by atoms with Gasteiger partial charge in [-0.25, -0.2) is 9.38 Å². The molecule has 0 aliphatic carbocycles. The van der Waals surface area contributed by atoms with Crippen molar-refractivity contribution in [3.8, 4) is 0 Å². The van der Waals surface area contributed by atoms with Crippen molar-refractivity contribution in [1.29, 1.82) is 0 Å². The van der Waals surface area contributed by atoms with Crippen LogP contribution in [0.25, 0.3) is 0 Å². The molecule has 5 heteroatoms. The van der Waals surface area contributed by atoms with E-state index in [1.807, 2.05) is 0 Å². The molecule has 0 atom stereocenters. The Bertz CT molecular complexity index is 695. The van der Waals surface area contributed by atoms with Crippen LogP contribution in [0, 0.1) is 5.82 Å². The molecule has 3 nitrogen and oxygen atoms in total. The van der Waals surface area contributed by atoms with Crippen LogP contribution in [-0.2, 0) is 4.79 Å². The highest BCUT2D eigenvalue weighted by Crippen LogP contribution is 2.32. The number of aliphatic imine (C=N–C) groups is 1. The van der Waals surface area contributed by atoms with Crippen molar-refractivity contribution in [2.45, 2.75) is 0 Å². The van der Waals surface area contributed by atoms with Gasteiger partial charge in [0.05, 0.1) is 16.4 Å². The van der Waals surface area contributed by atoms with E-state index in [9.17, 15) is 9.18 Å². The van der Waals surface area contributed by atoms with Crippen molar-refractivity contribution >= 4 is 34.6 Å². The van der Waals surface area contributed by atoms with Gasteiger partial charge in [0.15, 0.2) is 0 Å². The number of anilines is 1. The molecule has 0 fully saturated rings. The minimum absolute atomic E-state index is 0.282. The summed E-state index contributed by atoms with van der Waals surface area (Å²) in [5.41, 5.74) is 2.01. The fourth-order valence-electron chi connectivity index (χ4n) is 1.90. The number of para-hydroxylation sites is 1. The molecule has 0 saturated carbocycles. The molecule has 94 valence electrons. The monoisotopic (exact) mass is 274 g/mol. The highest BCUT2D eigenvalue weighted by Gasteiger charge is 2.27. The number of carbonyl (C=O) groups excluding carboxylic acids is 1. The van der Waals surface area contributed by atoms with Gasteiger partial charge >= 0.3 is 0 Å². The van der Waals surface area contributed by atoms with E-state index in [2.05, 4.69) is 10.3 Å². The number of benzene rings is 2. The van der Waals surface area contributed by atoms with E-state index in [0.29, 0.717) is 22.0 Å². The summed E-state index contributed by atoms with van der Waals surface area (Å²) in [6.45, 7) is 0. The first-order valence-electron chi connectivity index (χ1n) is 5.59. The van der Waals surface area contributed by atoms with Crippen LogP contribution in [0.3, 0.4) is 0 Å². The van der Waals surface area contributed by atoms with E-state index in [4.69, 9.17) is 11.6 Å². The molecule has 0 aromatic heterocycles. The minimum atomic E-state index is -0.344. The van der Waals surface area contributed by atoms with Crippen LogP contribution in [0.1, 0.15) is 5.56 Å². The summed E-state index contributed by atoms with van der Waals surface area (Å²) in [6, 6.07) is 10.8. The van der Waals surface area contributed by atoms with Gasteiger partial charge in [0, 0.05) is 5.56 Å². The van der Waals surface area contributed by atoms with Gasteiger partial charge in [-0.15, -0.1) is 0 Å². The second-order valence-corrected chi connectivity index (χ2v) is 4.46. The zero-order valence-corrected chi connectivity index (χ0v) is 10.4. The quantitative estimate of drug-likeness (QED) is 0.849. The maximum Gasteiger partial charge on any atom is 0.275 e. The van der Waals surface area contributed by atoms with Crippen molar-refractivity contribution < 1.29 is 9.18 Å². The summed E-state index contributed by atoms with van der Waals surface area (Å²) in [5, 5.41) is 3.14. The Labute approximate surface area is 113 Å². The second kappa shape index (κ2) is 4.48. The summed E-state index contributed by atoms with van der Waals surface area (Å²) in [6.07, 6.45) is 0. The molecule has 0 bridgehead atoms. The lowest BCUT2D eigenvalue weighted by Crippen LogP contribution is -2.13. The number of amides is 1. The predicted molar refractivity (Wildman–Crippen MR) is 72.7 cm³/mol. The largest absolute Gasteiger partial charge is 0.319 e. The number of halogens is 2. The van der Waals surface area contributed by atoms with Gasteiger partial charge in [0.2, 0.25) is 0 Å². The van der Waals surface area contributed by atoms with Crippen LogP contribution < -0.4 is 5.32 Å². The minimum Gasteiger partial charge on any atom is -0.319 e. The number of hydrogen-bond donors (Lipinski definition) is 1. The van der Waals surface area contributed by atoms with E-state index in [-0.39, 0.29) is 17.4 Å². The topological polar surface area (TPSA) is 41.5 Å². The molecular formula is C14H8ClFN2O. The van der Waals surface area contributed by atoms with Crippen molar-refractivity contribution in [3.63, 3.8) is 0 Å². The average Bonchev–Trinajstić information content (AvgIpc) is 2.71. The molecule has 3 rings (SSSR count). The van der Waals surface area contributed by atoms with Crippen LogP contribution in [-0.4, -0.2) is 11.6 Å². The first-order valence-corrected chi connectivity index (χ1v) is 5.97. The fraction of sp³-hybridized carbons (Fsp3) is 0. The SMILES string of the molecule is O=C1Nc2c(Cl)cccc2C1=Nc1ccc(F)cc1. The van der Waals surface area contributed by atoms with Crippen molar-refractivity contribution in [2.24, 2.45) is 4.99 Å². The van der Waals surface area contributed by atoms with E-state index >= 15 is 0 Å². The van der Waals surface area contributed by atoms with Gasteiger partial charge in [0.25, 0.3) is 5.91 Å². The predicted octanol–water partition coefficient (Wildman–Crippen LogP) is 3.55. The molecule has 19 heavy (non-hydrogen) atoms. The number of hydrogen-bond acceptors (Lipinski definition) is 2. The molecule has 0 spiro atoms. The van der Waals surface area contributed by atoms with Crippen LogP contribution >= 0.6 is 11.6 Å². The van der Waals surface area contributed by atoms with Gasteiger partial charge in [-0.2, -0.15) is 0 Å². The number of carbonyl (C=O) groups is 1. The third-order valence-electron chi connectivity index (χ3n) is 2.79. The van der Waals surface area contributed by atoms with Crippen LogP contribution in [0.4, 0.5) is 15.8 Å². The Morgan fingerprint density at radius 2 is 1.84 bits per heavy atom. The lowest BCUT2D eigenvalue weighted by molar-refractivity contribution is -0.110. The smallest absolute Gasteiger partial charge is 0.275 e.